The average Bonchev–Trinajstić information content (AvgIpc) is 4.04. The zero-order valence-electron chi connectivity index (χ0n) is 27.6. The molecule has 10 heteroatoms. The number of aromatic nitrogens is 4. The molecule has 5 aromatic heterocycles. The van der Waals surface area contributed by atoms with E-state index in [9.17, 15) is 19.2 Å². The average molecular weight is 673 g/mol. The molecule has 4 radical (unpaired) electrons. The van der Waals surface area contributed by atoms with Crippen molar-refractivity contribution < 1.29 is 19.2 Å². The van der Waals surface area contributed by atoms with Crippen molar-refractivity contribution in [2.24, 2.45) is 0 Å². The summed E-state index contributed by atoms with van der Waals surface area (Å²) in [6, 6.07) is 36.3. The van der Waals surface area contributed by atoms with Gasteiger partial charge in [0.15, 0.2) is 11.1 Å². The SMILES string of the molecule is O=[C]C(c1ccccc1)(c1cc([C@]([C]=O)(c2ccccc2)N2CCC[C]2C(=O)n2c3ccc2cc3)n[nH]1)N1CCC[C]1C(=O)n1c2ccc1cc2. The van der Waals surface area contributed by atoms with Gasteiger partial charge in [-0.3, -0.25) is 43.2 Å². The highest BCUT2D eigenvalue weighted by atomic mass is 16.2. The first-order chi connectivity index (χ1) is 25.0. The second-order valence-corrected chi connectivity index (χ2v) is 13.2. The fourth-order valence-corrected chi connectivity index (χ4v) is 8.35. The molecule has 7 heterocycles. The van der Waals surface area contributed by atoms with Gasteiger partial charge in [-0.2, -0.15) is 5.10 Å². The Morgan fingerprint density at radius 2 is 1.00 bits per heavy atom. The minimum absolute atomic E-state index is 0.201. The first-order valence-corrected chi connectivity index (χ1v) is 17.1. The van der Waals surface area contributed by atoms with E-state index in [0.717, 1.165) is 22.1 Å². The Labute approximate surface area is 293 Å². The highest BCUT2D eigenvalue weighted by molar-refractivity contribution is 6.02. The fraction of sp³-hybridized carbons (Fsp3) is 0.195. The van der Waals surface area contributed by atoms with Crippen molar-refractivity contribution in [2.75, 3.05) is 13.1 Å². The van der Waals surface area contributed by atoms with E-state index < -0.39 is 11.1 Å². The minimum Gasteiger partial charge on any atom is -0.288 e. The lowest BCUT2D eigenvalue weighted by molar-refractivity contribution is 0.0838. The second-order valence-electron chi connectivity index (χ2n) is 13.2. The number of hydrogen-bond acceptors (Lipinski definition) is 7. The molecule has 2 aliphatic rings. The molecule has 9 rings (SSSR count). The number of carbonyl (C=O) groups is 2. The maximum atomic E-state index is 14.2. The van der Waals surface area contributed by atoms with Crippen LogP contribution >= 0.6 is 0 Å². The Hall–Kier alpha value is -5.71. The van der Waals surface area contributed by atoms with E-state index in [1.54, 1.807) is 15.2 Å². The van der Waals surface area contributed by atoms with Crippen LogP contribution in [0.5, 0.6) is 0 Å². The molecule has 4 bridgehead atoms. The number of rotatable bonds is 10. The number of fused-ring (bicyclic) bond motifs is 4. The fourth-order valence-electron chi connectivity index (χ4n) is 8.35. The summed E-state index contributed by atoms with van der Waals surface area (Å²) in [5, 5.41) is 7.89. The molecule has 2 aliphatic heterocycles. The van der Waals surface area contributed by atoms with Gasteiger partial charge in [-0.25, -0.2) is 0 Å². The number of likely N-dealkylation sites (tertiary alicyclic amines) is 2. The summed E-state index contributed by atoms with van der Waals surface area (Å²) in [5.41, 5.74) is 1.66. The van der Waals surface area contributed by atoms with E-state index >= 15 is 0 Å². The zero-order chi connectivity index (χ0) is 34.7. The van der Waals surface area contributed by atoms with Crippen LogP contribution in [0.25, 0.3) is 22.1 Å². The molecule has 1 unspecified atom stereocenters. The summed E-state index contributed by atoms with van der Waals surface area (Å²) >= 11 is 0. The number of nitrogens with zero attached hydrogens (tertiary/aromatic N) is 5. The normalized spacial score (nSPS) is 18.8. The molecule has 51 heavy (non-hydrogen) atoms. The molecule has 0 spiro atoms. The summed E-state index contributed by atoms with van der Waals surface area (Å²) in [6.45, 7) is 0.821. The van der Waals surface area contributed by atoms with Gasteiger partial charge in [-0.05, 0) is 91.4 Å². The van der Waals surface area contributed by atoms with Gasteiger partial charge in [-0.15, -0.1) is 0 Å². The smallest absolute Gasteiger partial charge is 0.254 e. The van der Waals surface area contributed by atoms with Crippen molar-refractivity contribution in [2.45, 2.75) is 36.8 Å². The molecule has 2 atom stereocenters. The van der Waals surface area contributed by atoms with Crippen LogP contribution in [0.2, 0.25) is 0 Å². The third-order valence-corrected chi connectivity index (χ3v) is 10.7. The summed E-state index contributed by atoms with van der Waals surface area (Å²) in [7, 11) is 0. The molecule has 10 nitrogen and oxygen atoms in total. The molecule has 0 aliphatic carbocycles. The van der Waals surface area contributed by atoms with Crippen LogP contribution in [-0.2, 0) is 20.7 Å². The Bertz CT molecular complexity index is 2100. The minimum atomic E-state index is -1.63. The molecule has 2 fully saturated rings. The van der Waals surface area contributed by atoms with Crippen LogP contribution in [0.3, 0.4) is 0 Å². The predicted molar refractivity (Wildman–Crippen MR) is 190 cm³/mol. The summed E-state index contributed by atoms with van der Waals surface area (Å²) in [4.78, 5) is 59.5. The molecule has 0 saturated carbocycles. The molecule has 2 aromatic carbocycles. The van der Waals surface area contributed by atoms with E-state index in [2.05, 4.69) is 17.7 Å². The number of hydrogen-bond donors (Lipinski definition) is 1. The number of carbonyl (C=O) groups excluding carboxylic acids is 4. The van der Waals surface area contributed by atoms with Crippen LogP contribution < -0.4 is 0 Å². The van der Waals surface area contributed by atoms with Gasteiger partial charge in [0.1, 0.15) is 12.1 Å². The van der Waals surface area contributed by atoms with Crippen molar-refractivity contribution >= 4 is 46.5 Å². The van der Waals surface area contributed by atoms with Crippen LogP contribution in [0.4, 0.5) is 0 Å². The molecular formula is C41H32N6O4. The highest BCUT2D eigenvalue weighted by Gasteiger charge is 2.54. The zero-order valence-corrected chi connectivity index (χ0v) is 27.6. The number of benzene rings is 4. The lowest BCUT2D eigenvalue weighted by Crippen LogP contribution is -2.51. The Balaban J connectivity index is 1.19. The van der Waals surface area contributed by atoms with Crippen molar-refractivity contribution in [3.8, 4) is 0 Å². The monoisotopic (exact) mass is 672 g/mol. The number of aromatic amines is 1. The number of nitrogens with one attached hydrogen (secondary N) is 1. The van der Waals surface area contributed by atoms with Gasteiger partial charge in [0.05, 0.1) is 11.4 Å². The maximum absolute atomic E-state index is 14.2. The highest BCUT2D eigenvalue weighted by Crippen LogP contribution is 2.46. The van der Waals surface area contributed by atoms with Gasteiger partial charge in [-0.1, -0.05) is 60.7 Å². The second kappa shape index (κ2) is 12.0. The Kier molecular flexibility index (Phi) is 7.34. The lowest BCUT2D eigenvalue weighted by atomic mass is 9.82. The molecule has 0 amide bonds. The molecule has 2 saturated heterocycles. The maximum Gasteiger partial charge on any atom is 0.254 e. The number of H-pyrrole nitrogens is 1. The Morgan fingerprint density at radius 3 is 1.43 bits per heavy atom. The van der Waals surface area contributed by atoms with E-state index in [0.29, 0.717) is 67.7 Å². The van der Waals surface area contributed by atoms with Gasteiger partial charge in [0.25, 0.3) is 11.8 Å². The largest absolute Gasteiger partial charge is 0.288 e. The predicted octanol–water partition coefficient (Wildman–Crippen LogP) is 5.84. The van der Waals surface area contributed by atoms with Crippen LogP contribution in [-0.4, -0.2) is 66.6 Å². The Morgan fingerprint density at radius 1 is 0.588 bits per heavy atom. The first kappa shape index (κ1) is 31.3. The van der Waals surface area contributed by atoms with E-state index in [4.69, 9.17) is 5.10 Å². The molecular weight excluding hydrogens is 640 g/mol. The van der Waals surface area contributed by atoms with Gasteiger partial charge in [0.2, 0.25) is 12.6 Å². The molecule has 1 N–H and O–H groups in total. The first-order valence-electron chi connectivity index (χ1n) is 17.1. The van der Waals surface area contributed by atoms with Crippen molar-refractivity contribution in [1.29, 1.82) is 0 Å². The third kappa shape index (κ3) is 4.46. The van der Waals surface area contributed by atoms with Crippen molar-refractivity contribution in [1.82, 2.24) is 29.1 Å². The quantitative estimate of drug-likeness (QED) is 0.194. The topological polar surface area (TPSA) is 113 Å². The van der Waals surface area contributed by atoms with Crippen molar-refractivity contribution in [3.05, 3.63) is 150 Å². The third-order valence-electron chi connectivity index (χ3n) is 10.7. The molecule has 7 aromatic rings. The standard InChI is InChI=1S/C41H32N6O4/c48-26-40(28-9-3-1-4-10-28,44-23-7-13-34(44)38(50)46-30-15-16-31(46)18-17-30)36-25-37(43-42-36)41(27-49,29-11-5-2-6-12-29)45-24-8-14-35(45)39(51)47-32-19-20-33(47)22-21-32/h1-6,9-12,15-22,25H,7-8,13-14,23-24H2,(H,42,43)/t40-,41?/m0/s1. The summed E-state index contributed by atoms with van der Waals surface area (Å²) in [5.74, 6) is -0.405. The van der Waals surface area contributed by atoms with Crippen LogP contribution in [0, 0.1) is 12.1 Å². The van der Waals surface area contributed by atoms with Crippen LogP contribution in [0.15, 0.2) is 115 Å². The van der Waals surface area contributed by atoms with E-state index in [-0.39, 0.29) is 17.5 Å². The summed E-state index contributed by atoms with van der Waals surface area (Å²) in [6.07, 6.45) is 6.92. The lowest BCUT2D eigenvalue weighted by Gasteiger charge is -2.39. The van der Waals surface area contributed by atoms with Crippen LogP contribution in [0.1, 0.15) is 57.8 Å². The van der Waals surface area contributed by atoms with E-state index in [1.807, 2.05) is 119 Å². The van der Waals surface area contributed by atoms with Gasteiger partial charge in [0, 0.05) is 35.2 Å². The van der Waals surface area contributed by atoms with E-state index in [1.165, 1.54) is 0 Å². The van der Waals surface area contributed by atoms with Crippen molar-refractivity contribution in [3.63, 3.8) is 0 Å². The summed E-state index contributed by atoms with van der Waals surface area (Å²) < 4.78 is 3.34. The van der Waals surface area contributed by atoms with Gasteiger partial charge < -0.3 is 0 Å². The van der Waals surface area contributed by atoms with Gasteiger partial charge >= 0.3 is 0 Å². The molecule has 250 valence electrons.